The summed E-state index contributed by atoms with van der Waals surface area (Å²) in [4.78, 5) is 0. The van der Waals surface area contributed by atoms with E-state index in [4.69, 9.17) is 9.47 Å². The van der Waals surface area contributed by atoms with Gasteiger partial charge in [0.25, 0.3) is 0 Å². The second-order valence-corrected chi connectivity index (χ2v) is 4.08. The van der Waals surface area contributed by atoms with Gasteiger partial charge in [-0.05, 0) is 6.92 Å². The van der Waals surface area contributed by atoms with E-state index in [-0.39, 0.29) is 12.2 Å². The van der Waals surface area contributed by atoms with Crippen LogP contribution in [0.25, 0.3) is 0 Å². The number of aliphatic hydroxyl groups excluding tert-OH is 1. The lowest BCUT2D eigenvalue weighted by atomic mass is 10.2. The van der Waals surface area contributed by atoms with Crippen molar-refractivity contribution < 1.29 is 19.7 Å². The smallest absolute Gasteiger partial charge is 0.162 e. The van der Waals surface area contributed by atoms with Crippen LogP contribution >= 0.6 is 0 Å². The van der Waals surface area contributed by atoms with Gasteiger partial charge in [-0.2, -0.15) is 0 Å². The molecule has 0 aromatic rings. The van der Waals surface area contributed by atoms with Gasteiger partial charge in [0.05, 0.1) is 25.4 Å². The minimum atomic E-state index is -1.06. The van der Waals surface area contributed by atoms with E-state index in [1.165, 1.54) is 0 Å². The van der Waals surface area contributed by atoms with Crippen LogP contribution in [0.2, 0.25) is 0 Å². The Bertz CT molecular complexity index is 170. The fourth-order valence-electron chi connectivity index (χ4n) is 1.61. The largest absolute Gasteiger partial charge is 0.391 e. The average Bonchev–Trinajstić information content (AvgIpc) is 2.48. The summed E-state index contributed by atoms with van der Waals surface area (Å²) < 4.78 is 10.6. The maximum absolute atomic E-state index is 9.70. The van der Waals surface area contributed by atoms with Gasteiger partial charge in [-0.25, -0.2) is 0 Å². The van der Waals surface area contributed by atoms with E-state index in [0.29, 0.717) is 26.1 Å². The molecule has 4 heteroatoms. The highest BCUT2D eigenvalue weighted by Gasteiger charge is 2.27. The van der Waals surface area contributed by atoms with Gasteiger partial charge in [0.1, 0.15) is 0 Å². The average molecular weight is 204 g/mol. The molecule has 0 amide bonds. The lowest BCUT2D eigenvalue weighted by Gasteiger charge is -2.24. The zero-order chi connectivity index (χ0) is 10.6. The molecule has 0 bridgehead atoms. The predicted molar refractivity (Wildman–Crippen MR) is 51.8 cm³/mol. The van der Waals surface area contributed by atoms with Crippen molar-refractivity contribution in [2.75, 3.05) is 13.2 Å². The van der Waals surface area contributed by atoms with Crippen molar-refractivity contribution in [3.63, 3.8) is 0 Å². The highest BCUT2D eigenvalue weighted by Crippen LogP contribution is 2.18. The standard InChI is InChI=1S/C10H20O4/c1-3-4-10(2,12)14-7-9-5-8(11)6-13-9/h8-9,11-12H,3-7H2,1-2H3/t8-,9+,10+/m0/s1. The Kier molecular flexibility index (Phi) is 4.31. The van der Waals surface area contributed by atoms with Gasteiger partial charge in [-0.1, -0.05) is 13.3 Å². The first-order valence-electron chi connectivity index (χ1n) is 5.19. The molecule has 84 valence electrons. The summed E-state index contributed by atoms with van der Waals surface area (Å²) in [6.07, 6.45) is 1.64. The fourth-order valence-corrected chi connectivity index (χ4v) is 1.61. The van der Waals surface area contributed by atoms with Crippen LogP contribution in [-0.4, -0.2) is 41.4 Å². The van der Waals surface area contributed by atoms with Crippen LogP contribution in [-0.2, 0) is 9.47 Å². The van der Waals surface area contributed by atoms with E-state index in [1.54, 1.807) is 6.92 Å². The lowest BCUT2D eigenvalue weighted by Crippen LogP contribution is -2.31. The third-order valence-electron chi connectivity index (χ3n) is 2.35. The zero-order valence-electron chi connectivity index (χ0n) is 8.90. The van der Waals surface area contributed by atoms with Crippen LogP contribution in [0.4, 0.5) is 0 Å². The zero-order valence-corrected chi connectivity index (χ0v) is 8.90. The molecule has 1 aliphatic heterocycles. The van der Waals surface area contributed by atoms with Gasteiger partial charge in [0.2, 0.25) is 0 Å². The molecule has 1 heterocycles. The molecule has 0 aliphatic carbocycles. The molecule has 1 fully saturated rings. The first kappa shape index (κ1) is 11.9. The molecule has 1 saturated heterocycles. The molecule has 0 spiro atoms. The second-order valence-electron chi connectivity index (χ2n) is 4.08. The maximum atomic E-state index is 9.70. The quantitative estimate of drug-likeness (QED) is 0.646. The SMILES string of the molecule is CCC[C@](C)(O)OC[C@H]1C[C@H](O)CO1. The molecule has 0 radical (unpaired) electrons. The van der Waals surface area contributed by atoms with E-state index in [0.717, 1.165) is 6.42 Å². The Morgan fingerprint density at radius 1 is 1.57 bits per heavy atom. The molecule has 4 nitrogen and oxygen atoms in total. The summed E-state index contributed by atoms with van der Waals surface area (Å²) >= 11 is 0. The Hall–Kier alpha value is -0.160. The third-order valence-corrected chi connectivity index (χ3v) is 2.35. The second kappa shape index (κ2) is 5.07. The summed E-state index contributed by atoms with van der Waals surface area (Å²) in [7, 11) is 0. The Balaban J connectivity index is 2.19. The molecule has 0 unspecified atom stereocenters. The van der Waals surface area contributed by atoms with E-state index >= 15 is 0 Å². The van der Waals surface area contributed by atoms with Gasteiger partial charge >= 0.3 is 0 Å². The van der Waals surface area contributed by atoms with E-state index in [2.05, 4.69) is 0 Å². The molecule has 0 saturated carbocycles. The predicted octanol–water partition coefficient (Wildman–Crippen LogP) is 0.661. The minimum absolute atomic E-state index is 0.0756. The van der Waals surface area contributed by atoms with Gasteiger partial charge in [-0.15, -0.1) is 0 Å². The number of ether oxygens (including phenoxy) is 2. The van der Waals surface area contributed by atoms with Crippen molar-refractivity contribution in [2.45, 2.75) is 51.1 Å². The van der Waals surface area contributed by atoms with Crippen molar-refractivity contribution in [3.05, 3.63) is 0 Å². The van der Waals surface area contributed by atoms with E-state index < -0.39 is 5.79 Å². The summed E-state index contributed by atoms with van der Waals surface area (Å²) in [5.41, 5.74) is 0. The molecule has 2 N–H and O–H groups in total. The molecule has 0 aromatic heterocycles. The van der Waals surface area contributed by atoms with Gasteiger partial charge in [-0.3, -0.25) is 0 Å². The van der Waals surface area contributed by atoms with Gasteiger partial charge < -0.3 is 19.7 Å². The van der Waals surface area contributed by atoms with Crippen LogP contribution in [0.1, 0.15) is 33.1 Å². The molecular weight excluding hydrogens is 184 g/mol. The van der Waals surface area contributed by atoms with Gasteiger partial charge in [0.15, 0.2) is 5.79 Å². The highest BCUT2D eigenvalue weighted by atomic mass is 16.6. The van der Waals surface area contributed by atoms with Crippen molar-refractivity contribution >= 4 is 0 Å². The first-order chi connectivity index (χ1) is 6.53. The Labute approximate surface area is 84.8 Å². The normalized spacial score (nSPS) is 31.7. The van der Waals surface area contributed by atoms with E-state index in [9.17, 15) is 10.2 Å². The van der Waals surface area contributed by atoms with Crippen LogP contribution in [0.3, 0.4) is 0 Å². The van der Waals surface area contributed by atoms with Crippen LogP contribution < -0.4 is 0 Å². The third kappa shape index (κ3) is 3.92. The minimum Gasteiger partial charge on any atom is -0.391 e. The summed E-state index contributed by atoms with van der Waals surface area (Å²) in [5, 5.41) is 18.9. The van der Waals surface area contributed by atoms with Crippen LogP contribution in [0.15, 0.2) is 0 Å². The van der Waals surface area contributed by atoms with Gasteiger partial charge in [0, 0.05) is 12.8 Å². The molecule has 3 atom stereocenters. The van der Waals surface area contributed by atoms with Crippen molar-refractivity contribution in [2.24, 2.45) is 0 Å². The molecule has 1 aliphatic rings. The highest BCUT2D eigenvalue weighted by molar-refractivity contribution is 4.73. The Morgan fingerprint density at radius 2 is 2.29 bits per heavy atom. The van der Waals surface area contributed by atoms with Crippen molar-refractivity contribution in [1.29, 1.82) is 0 Å². The van der Waals surface area contributed by atoms with Crippen molar-refractivity contribution in [3.8, 4) is 0 Å². The fraction of sp³-hybridized carbons (Fsp3) is 1.00. The monoisotopic (exact) mass is 204 g/mol. The molecular formula is C10H20O4. The number of aliphatic hydroxyl groups is 2. The van der Waals surface area contributed by atoms with Crippen LogP contribution in [0, 0.1) is 0 Å². The summed E-state index contributed by atoms with van der Waals surface area (Å²) in [6.45, 7) is 4.38. The van der Waals surface area contributed by atoms with Crippen molar-refractivity contribution in [1.82, 2.24) is 0 Å². The number of hydrogen-bond donors (Lipinski definition) is 2. The number of hydrogen-bond acceptors (Lipinski definition) is 4. The Morgan fingerprint density at radius 3 is 2.79 bits per heavy atom. The number of rotatable bonds is 5. The molecule has 0 aromatic carbocycles. The first-order valence-corrected chi connectivity index (χ1v) is 5.19. The van der Waals surface area contributed by atoms with E-state index in [1.807, 2.05) is 6.92 Å². The molecule has 14 heavy (non-hydrogen) atoms. The summed E-state index contributed by atoms with van der Waals surface area (Å²) in [5.74, 6) is -1.06. The molecule has 1 rings (SSSR count). The maximum Gasteiger partial charge on any atom is 0.162 e. The summed E-state index contributed by atoms with van der Waals surface area (Å²) in [6, 6.07) is 0. The lowest BCUT2D eigenvalue weighted by molar-refractivity contribution is -0.207. The topological polar surface area (TPSA) is 58.9 Å². The van der Waals surface area contributed by atoms with Crippen LogP contribution in [0.5, 0.6) is 0 Å².